The van der Waals surface area contributed by atoms with Crippen LogP contribution >= 0.6 is 0 Å². The number of carbonyl (C=O) groups excluding carboxylic acids is 2. The van der Waals surface area contributed by atoms with Gasteiger partial charge in [0, 0.05) is 35.5 Å². The third-order valence-electron chi connectivity index (χ3n) is 5.48. The van der Waals surface area contributed by atoms with Gasteiger partial charge in [0.25, 0.3) is 5.91 Å². The van der Waals surface area contributed by atoms with Gasteiger partial charge in [0.05, 0.1) is 24.3 Å². The first kappa shape index (κ1) is 21.8. The van der Waals surface area contributed by atoms with Crippen molar-refractivity contribution in [1.29, 1.82) is 0 Å². The molecule has 1 amide bonds. The Hall–Kier alpha value is -3.45. The Kier molecular flexibility index (Phi) is 6.37. The van der Waals surface area contributed by atoms with Crippen LogP contribution in [0.4, 0.5) is 11.4 Å². The van der Waals surface area contributed by atoms with E-state index in [1.807, 2.05) is 56.3 Å². The van der Waals surface area contributed by atoms with Crippen molar-refractivity contribution in [2.45, 2.75) is 26.9 Å². The molecule has 166 valence electrons. The maximum Gasteiger partial charge on any atom is 0.339 e. The van der Waals surface area contributed by atoms with Crippen LogP contribution in [-0.4, -0.2) is 49.3 Å². The van der Waals surface area contributed by atoms with E-state index in [2.05, 4.69) is 15.2 Å². The highest BCUT2D eigenvalue weighted by molar-refractivity contribution is 6.05. The van der Waals surface area contributed by atoms with E-state index >= 15 is 0 Å². The highest BCUT2D eigenvalue weighted by Crippen LogP contribution is 2.22. The molecule has 2 aromatic carbocycles. The molecule has 1 unspecified atom stereocenters. The van der Waals surface area contributed by atoms with Crippen molar-refractivity contribution in [3.63, 3.8) is 0 Å². The minimum atomic E-state index is -0.949. The van der Waals surface area contributed by atoms with Gasteiger partial charge in [-0.05, 0) is 63.2 Å². The van der Waals surface area contributed by atoms with Crippen LogP contribution in [0.2, 0.25) is 0 Å². The average Bonchev–Trinajstić information content (AvgIpc) is 2.79. The molecule has 0 aliphatic carbocycles. The number of fused-ring (bicyclic) bond motifs is 1. The number of amides is 1. The first-order chi connectivity index (χ1) is 15.4. The maximum atomic E-state index is 12.9. The fraction of sp³-hybridized carbons (Fsp3) is 0.320. The molecule has 1 fully saturated rings. The number of hydrogen-bond acceptors (Lipinski definition) is 6. The number of rotatable bonds is 5. The second-order valence-electron chi connectivity index (χ2n) is 8.01. The van der Waals surface area contributed by atoms with E-state index < -0.39 is 12.1 Å². The minimum Gasteiger partial charge on any atom is -0.449 e. The zero-order valence-corrected chi connectivity index (χ0v) is 18.6. The van der Waals surface area contributed by atoms with Gasteiger partial charge in [0.15, 0.2) is 6.10 Å². The molecule has 3 aromatic rings. The summed E-state index contributed by atoms with van der Waals surface area (Å²) in [5.41, 5.74) is 4.59. The quantitative estimate of drug-likeness (QED) is 0.615. The van der Waals surface area contributed by atoms with E-state index in [1.54, 1.807) is 13.0 Å². The normalized spacial score (nSPS) is 14.8. The number of aryl methyl sites for hydroxylation is 2. The van der Waals surface area contributed by atoms with Crippen LogP contribution in [0.3, 0.4) is 0 Å². The lowest BCUT2D eigenvalue weighted by molar-refractivity contribution is -0.123. The van der Waals surface area contributed by atoms with Crippen molar-refractivity contribution < 1.29 is 19.1 Å². The van der Waals surface area contributed by atoms with Crippen molar-refractivity contribution in [3.8, 4) is 0 Å². The lowest BCUT2D eigenvalue weighted by Gasteiger charge is -2.28. The summed E-state index contributed by atoms with van der Waals surface area (Å²) in [6, 6.07) is 15.0. The summed E-state index contributed by atoms with van der Waals surface area (Å²) in [5, 5.41) is 3.53. The van der Waals surface area contributed by atoms with Gasteiger partial charge in [-0.1, -0.05) is 11.6 Å². The number of hydrogen-bond donors (Lipinski definition) is 1. The monoisotopic (exact) mass is 433 g/mol. The number of morpholine rings is 1. The molecule has 1 saturated heterocycles. The Balaban J connectivity index is 1.42. The molecule has 32 heavy (non-hydrogen) atoms. The lowest BCUT2D eigenvalue weighted by Crippen LogP contribution is -2.36. The highest BCUT2D eigenvalue weighted by atomic mass is 16.5. The molecule has 1 aromatic heterocycles. The third-order valence-corrected chi connectivity index (χ3v) is 5.48. The Labute approximate surface area is 187 Å². The summed E-state index contributed by atoms with van der Waals surface area (Å²) in [5.74, 6) is -0.930. The zero-order chi connectivity index (χ0) is 22.7. The topological polar surface area (TPSA) is 80.8 Å². The van der Waals surface area contributed by atoms with Gasteiger partial charge in [0.2, 0.25) is 0 Å². The summed E-state index contributed by atoms with van der Waals surface area (Å²) >= 11 is 0. The third kappa shape index (κ3) is 4.89. The van der Waals surface area contributed by atoms with Crippen molar-refractivity contribution in [2.75, 3.05) is 36.5 Å². The molecule has 2 heterocycles. The fourth-order valence-corrected chi connectivity index (χ4v) is 3.74. The van der Waals surface area contributed by atoms with Gasteiger partial charge in [0.1, 0.15) is 0 Å². The van der Waals surface area contributed by atoms with E-state index in [1.165, 1.54) is 0 Å². The first-order valence-electron chi connectivity index (χ1n) is 10.7. The number of carbonyl (C=O) groups is 2. The van der Waals surface area contributed by atoms with E-state index in [-0.39, 0.29) is 5.91 Å². The summed E-state index contributed by atoms with van der Waals surface area (Å²) in [4.78, 5) is 32.2. The smallest absolute Gasteiger partial charge is 0.339 e. The van der Waals surface area contributed by atoms with E-state index in [0.717, 1.165) is 29.9 Å². The Morgan fingerprint density at radius 3 is 2.50 bits per heavy atom. The summed E-state index contributed by atoms with van der Waals surface area (Å²) in [7, 11) is 0. The molecule has 4 rings (SSSR count). The number of nitrogens with one attached hydrogen (secondary N) is 1. The number of ether oxygens (including phenoxy) is 2. The van der Waals surface area contributed by atoms with Gasteiger partial charge in [-0.3, -0.25) is 9.78 Å². The number of aromatic nitrogens is 1. The second-order valence-corrected chi connectivity index (χ2v) is 8.01. The average molecular weight is 434 g/mol. The predicted molar refractivity (Wildman–Crippen MR) is 124 cm³/mol. The fourth-order valence-electron chi connectivity index (χ4n) is 3.74. The van der Waals surface area contributed by atoms with E-state index in [0.29, 0.717) is 35.5 Å². The van der Waals surface area contributed by atoms with Crippen molar-refractivity contribution in [1.82, 2.24) is 4.98 Å². The van der Waals surface area contributed by atoms with Gasteiger partial charge >= 0.3 is 5.97 Å². The van der Waals surface area contributed by atoms with Crippen molar-refractivity contribution in [2.24, 2.45) is 0 Å². The Morgan fingerprint density at radius 2 is 1.78 bits per heavy atom. The largest absolute Gasteiger partial charge is 0.449 e. The maximum absolute atomic E-state index is 12.9. The van der Waals surface area contributed by atoms with Gasteiger partial charge in [-0.25, -0.2) is 4.79 Å². The highest BCUT2D eigenvalue weighted by Gasteiger charge is 2.21. The van der Waals surface area contributed by atoms with Crippen LogP contribution in [0.15, 0.2) is 48.5 Å². The van der Waals surface area contributed by atoms with Crippen LogP contribution in [0, 0.1) is 13.8 Å². The molecule has 1 atom stereocenters. The molecule has 0 bridgehead atoms. The van der Waals surface area contributed by atoms with Gasteiger partial charge < -0.3 is 19.7 Å². The standard InChI is InChI=1S/C25H27N3O4/c1-16-4-9-23-21(14-16)22(15-17(2)26-23)25(30)32-18(3)24(29)27-19-5-7-20(8-6-19)28-10-12-31-13-11-28/h4-9,14-15,18H,10-13H2,1-3H3,(H,27,29). The number of nitrogens with zero attached hydrogens (tertiary/aromatic N) is 2. The summed E-state index contributed by atoms with van der Waals surface area (Å²) in [6.07, 6.45) is -0.949. The van der Waals surface area contributed by atoms with Crippen LogP contribution in [0.5, 0.6) is 0 Å². The number of anilines is 2. The van der Waals surface area contributed by atoms with E-state index in [4.69, 9.17) is 9.47 Å². The van der Waals surface area contributed by atoms with Crippen LogP contribution in [0.1, 0.15) is 28.5 Å². The number of esters is 1. The SMILES string of the molecule is Cc1ccc2nc(C)cc(C(=O)OC(C)C(=O)Nc3ccc(N4CCOCC4)cc3)c2c1. The van der Waals surface area contributed by atoms with Crippen LogP contribution in [-0.2, 0) is 14.3 Å². The molecule has 0 spiro atoms. The zero-order valence-electron chi connectivity index (χ0n) is 18.6. The Morgan fingerprint density at radius 1 is 1.06 bits per heavy atom. The molecule has 1 N–H and O–H groups in total. The summed E-state index contributed by atoms with van der Waals surface area (Å²) in [6.45, 7) is 8.47. The number of benzene rings is 2. The van der Waals surface area contributed by atoms with E-state index in [9.17, 15) is 9.59 Å². The molecular weight excluding hydrogens is 406 g/mol. The van der Waals surface area contributed by atoms with Crippen LogP contribution in [0.25, 0.3) is 10.9 Å². The molecule has 0 saturated carbocycles. The molecule has 7 heteroatoms. The van der Waals surface area contributed by atoms with Crippen molar-refractivity contribution in [3.05, 3.63) is 65.4 Å². The first-order valence-corrected chi connectivity index (χ1v) is 10.7. The molecule has 7 nitrogen and oxygen atoms in total. The predicted octanol–water partition coefficient (Wildman–Crippen LogP) is 3.87. The minimum absolute atomic E-state index is 0.385. The lowest BCUT2D eigenvalue weighted by atomic mass is 10.1. The van der Waals surface area contributed by atoms with Crippen LogP contribution < -0.4 is 10.2 Å². The van der Waals surface area contributed by atoms with Crippen molar-refractivity contribution >= 4 is 34.2 Å². The molecular formula is C25H27N3O4. The Bertz CT molecular complexity index is 1140. The second kappa shape index (κ2) is 9.36. The van der Waals surface area contributed by atoms with Gasteiger partial charge in [-0.2, -0.15) is 0 Å². The number of pyridine rings is 1. The molecule has 1 aliphatic heterocycles. The molecule has 1 aliphatic rings. The van der Waals surface area contributed by atoms with Gasteiger partial charge in [-0.15, -0.1) is 0 Å². The molecule has 0 radical (unpaired) electrons. The summed E-state index contributed by atoms with van der Waals surface area (Å²) < 4.78 is 10.9.